The predicted molar refractivity (Wildman–Crippen MR) is 86.6 cm³/mol. The second kappa shape index (κ2) is 6.41. The highest BCUT2D eigenvalue weighted by Crippen LogP contribution is 2.31. The van der Waals surface area contributed by atoms with Gasteiger partial charge in [-0.15, -0.1) is 0 Å². The quantitative estimate of drug-likeness (QED) is 0.855. The zero-order chi connectivity index (χ0) is 14.7. The Balaban J connectivity index is 2.05. The monoisotopic (exact) mass is 285 g/mol. The molecule has 1 fully saturated rings. The van der Waals surface area contributed by atoms with Gasteiger partial charge in [-0.3, -0.25) is 0 Å². The van der Waals surface area contributed by atoms with Crippen LogP contribution in [0, 0.1) is 0 Å². The lowest BCUT2D eigenvalue weighted by Gasteiger charge is -2.39. The Morgan fingerprint density at radius 2 is 2.14 bits per heavy atom. The summed E-state index contributed by atoms with van der Waals surface area (Å²) in [6.07, 6.45) is 3.68. The van der Waals surface area contributed by atoms with Crippen molar-refractivity contribution >= 4 is 16.7 Å². The van der Waals surface area contributed by atoms with Crippen molar-refractivity contribution in [1.29, 1.82) is 0 Å². The number of rotatable bonds is 6. The van der Waals surface area contributed by atoms with Gasteiger partial charge >= 0.3 is 0 Å². The number of aliphatic hydroxyl groups is 1. The van der Waals surface area contributed by atoms with Gasteiger partial charge in [0.2, 0.25) is 0 Å². The SMILES string of the molecule is CNCc1cc2ccccc2nc1N(CCO)C1CCC1. The highest BCUT2D eigenvalue weighted by atomic mass is 16.3. The van der Waals surface area contributed by atoms with Crippen LogP contribution >= 0.6 is 0 Å². The van der Waals surface area contributed by atoms with Crippen molar-refractivity contribution in [3.8, 4) is 0 Å². The molecule has 0 radical (unpaired) electrons. The summed E-state index contributed by atoms with van der Waals surface area (Å²) in [5.41, 5.74) is 2.23. The summed E-state index contributed by atoms with van der Waals surface area (Å²) in [4.78, 5) is 7.18. The van der Waals surface area contributed by atoms with Crippen molar-refractivity contribution in [1.82, 2.24) is 10.3 Å². The molecule has 0 aliphatic heterocycles. The molecule has 1 saturated carbocycles. The number of aliphatic hydroxyl groups excluding tert-OH is 1. The van der Waals surface area contributed by atoms with Gasteiger partial charge in [0.15, 0.2) is 0 Å². The van der Waals surface area contributed by atoms with Crippen molar-refractivity contribution in [2.24, 2.45) is 0 Å². The third-order valence-electron chi connectivity index (χ3n) is 4.28. The van der Waals surface area contributed by atoms with Gasteiger partial charge < -0.3 is 15.3 Å². The molecular formula is C17H23N3O. The largest absolute Gasteiger partial charge is 0.395 e. The third kappa shape index (κ3) is 2.87. The smallest absolute Gasteiger partial charge is 0.134 e. The summed E-state index contributed by atoms with van der Waals surface area (Å²) < 4.78 is 0. The van der Waals surface area contributed by atoms with Crippen LogP contribution in [0.1, 0.15) is 24.8 Å². The van der Waals surface area contributed by atoms with Crippen molar-refractivity contribution in [3.63, 3.8) is 0 Å². The zero-order valence-electron chi connectivity index (χ0n) is 12.5. The minimum atomic E-state index is 0.171. The molecule has 1 aromatic carbocycles. The first-order valence-electron chi connectivity index (χ1n) is 7.74. The lowest BCUT2D eigenvalue weighted by Crippen LogP contribution is -2.43. The van der Waals surface area contributed by atoms with E-state index in [-0.39, 0.29) is 6.61 Å². The predicted octanol–water partition coefficient (Wildman–Crippen LogP) is 2.31. The molecule has 3 rings (SSSR count). The first kappa shape index (κ1) is 14.3. The van der Waals surface area contributed by atoms with Crippen LogP contribution in [0.15, 0.2) is 30.3 Å². The number of nitrogens with one attached hydrogen (secondary N) is 1. The number of hydrogen-bond donors (Lipinski definition) is 2. The molecule has 0 saturated heterocycles. The van der Waals surface area contributed by atoms with Crippen LogP contribution in [0.4, 0.5) is 5.82 Å². The van der Waals surface area contributed by atoms with E-state index >= 15 is 0 Å². The van der Waals surface area contributed by atoms with E-state index in [1.54, 1.807) is 0 Å². The Labute approximate surface area is 125 Å². The van der Waals surface area contributed by atoms with Gasteiger partial charge in [0.25, 0.3) is 0 Å². The van der Waals surface area contributed by atoms with Crippen LogP contribution in [0.2, 0.25) is 0 Å². The number of aromatic nitrogens is 1. The maximum atomic E-state index is 9.42. The molecule has 21 heavy (non-hydrogen) atoms. The van der Waals surface area contributed by atoms with E-state index in [2.05, 4.69) is 28.4 Å². The van der Waals surface area contributed by atoms with Gasteiger partial charge in [-0.25, -0.2) is 4.98 Å². The fourth-order valence-electron chi connectivity index (χ4n) is 2.99. The first-order chi connectivity index (χ1) is 10.3. The Kier molecular flexibility index (Phi) is 4.36. The van der Waals surface area contributed by atoms with Gasteiger partial charge in [0.1, 0.15) is 5.82 Å². The van der Waals surface area contributed by atoms with Crippen molar-refractivity contribution in [2.45, 2.75) is 31.8 Å². The van der Waals surface area contributed by atoms with E-state index in [1.165, 1.54) is 30.2 Å². The second-order valence-electron chi connectivity index (χ2n) is 5.70. The first-order valence-corrected chi connectivity index (χ1v) is 7.74. The number of benzene rings is 1. The molecule has 4 heteroatoms. The van der Waals surface area contributed by atoms with E-state index < -0.39 is 0 Å². The third-order valence-corrected chi connectivity index (χ3v) is 4.28. The van der Waals surface area contributed by atoms with E-state index in [1.807, 2.05) is 19.2 Å². The minimum Gasteiger partial charge on any atom is -0.395 e. The normalized spacial score (nSPS) is 15.1. The average Bonchev–Trinajstić information content (AvgIpc) is 2.45. The minimum absolute atomic E-state index is 0.171. The van der Waals surface area contributed by atoms with Crippen LogP contribution in [-0.4, -0.2) is 36.3 Å². The summed E-state index contributed by atoms with van der Waals surface area (Å²) in [5.74, 6) is 1.03. The molecule has 1 heterocycles. The summed E-state index contributed by atoms with van der Waals surface area (Å²) in [5, 5.41) is 13.8. The maximum Gasteiger partial charge on any atom is 0.134 e. The number of fused-ring (bicyclic) bond motifs is 1. The van der Waals surface area contributed by atoms with Crippen LogP contribution < -0.4 is 10.2 Å². The second-order valence-corrected chi connectivity index (χ2v) is 5.70. The van der Waals surface area contributed by atoms with Crippen molar-refractivity contribution < 1.29 is 5.11 Å². The molecule has 4 nitrogen and oxygen atoms in total. The van der Waals surface area contributed by atoms with Gasteiger partial charge in [-0.05, 0) is 38.4 Å². The topological polar surface area (TPSA) is 48.4 Å². The number of hydrogen-bond acceptors (Lipinski definition) is 4. The van der Waals surface area contributed by atoms with Crippen molar-refractivity contribution in [3.05, 3.63) is 35.9 Å². The Hall–Kier alpha value is -1.65. The summed E-state index contributed by atoms with van der Waals surface area (Å²) in [6.45, 7) is 1.62. The Morgan fingerprint density at radius 1 is 1.33 bits per heavy atom. The molecule has 2 aromatic rings. The molecule has 1 aliphatic carbocycles. The molecule has 0 bridgehead atoms. The van der Waals surface area contributed by atoms with Gasteiger partial charge in [0, 0.05) is 30.1 Å². The lowest BCUT2D eigenvalue weighted by molar-refractivity contribution is 0.282. The van der Waals surface area contributed by atoms with E-state index in [9.17, 15) is 5.11 Å². The fourth-order valence-corrected chi connectivity index (χ4v) is 2.99. The molecule has 1 aliphatic rings. The molecule has 1 aromatic heterocycles. The highest BCUT2D eigenvalue weighted by Gasteiger charge is 2.27. The summed E-state index contributed by atoms with van der Waals surface area (Å²) in [6, 6.07) is 11.0. The Bertz CT molecular complexity index is 610. The highest BCUT2D eigenvalue weighted by molar-refractivity contribution is 5.82. The number of anilines is 1. The molecule has 2 N–H and O–H groups in total. The van der Waals surface area contributed by atoms with Crippen LogP contribution in [-0.2, 0) is 6.54 Å². The maximum absolute atomic E-state index is 9.42. The van der Waals surface area contributed by atoms with Gasteiger partial charge in [0.05, 0.1) is 12.1 Å². The fraction of sp³-hybridized carbons (Fsp3) is 0.471. The van der Waals surface area contributed by atoms with Gasteiger partial charge in [-0.2, -0.15) is 0 Å². The molecular weight excluding hydrogens is 262 g/mol. The lowest BCUT2D eigenvalue weighted by atomic mass is 9.91. The Morgan fingerprint density at radius 3 is 2.81 bits per heavy atom. The molecule has 0 spiro atoms. The standard InChI is InChI=1S/C17H23N3O/c1-18-12-14-11-13-5-2-3-8-16(13)19-17(14)20(9-10-21)15-6-4-7-15/h2-3,5,8,11,15,18,21H,4,6-7,9-10,12H2,1H3. The number of para-hydroxylation sites is 1. The average molecular weight is 285 g/mol. The van der Waals surface area contributed by atoms with E-state index in [0.29, 0.717) is 12.6 Å². The van der Waals surface area contributed by atoms with Crippen LogP contribution in [0.3, 0.4) is 0 Å². The van der Waals surface area contributed by atoms with Crippen LogP contribution in [0.25, 0.3) is 10.9 Å². The van der Waals surface area contributed by atoms with Crippen molar-refractivity contribution in [2.75, 3.05) is 25.1 Å². The molecule has 0 amide bonds. The van der Waals surface area contributed by atoms with Gasteiger partial charge in [-0.1, -0.05) is 18.2 Å². The van der Waals surface area contributed by atoms with E-state index in [0.717, 1.165) is 17.9 Å². The zero-order valence-corrected chi connectivity index (χ0v) is 12.5. The number of pyridine rings is 1. The number of nitrogens with zero attached hydrogens (tertiary/aromatic N) is 2. The molecule has 0 unspecified atom stereocenters. The van der Waals surface area contributed by atoms with E-state index in [4.69, 9.17) is 4.98 Å². The van der Waals surface area contributed by atoms with Crippen LogP contribution in [0.5, 0.6) is 0 Å². The summed E-state index contributed by atoms with van der Waals surface area (Å²) >= 11 is 0. The molecule has 0 atom stereocenters. The summed E-state index contributed by atoms with van der Waals surface area (Å²) in [7, 11) is 1.96. The molecule has 112 valence electrons.